The first-order chi connectivity index (χ1) is 15.0. The number of hydrogen-bond acceptors (Lipinski definition) is 7. The second-order valence-electron chi connectivity index (χ2n) is 7.82. The van der Waals surface area contributed by atoms with Gasteiger partial charge < -0.3 is 5.32 Å². The summed E-state index contributed by atoms with van der Waals surface area (Å²) in [5, 5.41) is 10.5. The molecule has 1 aliphatic rings. The van der Waals surface area contributed by atoms with Crippen molar-refractivity contribution in [2.24, 2.45) is 5.92 Å². The van der Waals surface area contributed by atoms with E-state index in [4.69, 9.17) is 0 Å². The molecule has 3 aromatic rings. The summed E-state index contributed by atoms with van der Waals surface area (Å²) in [4.78, 5) is 35.9. The number of carbonyl (C=O) groups is 2. The van der Waals surface area contributed by atoms with E-state index in [0.29, 0.717) is 21.5 Å². The van der Waals surface area contributed by atoms with Crippen LogP contribution in [-0.4, -0.2) is 39.8 Å². The van der Waals surface area contributed by atoms with E-state index in [2.05, 4.69) is 32.4 Å². The van der Waals surface area contributed by atoms with Gasteiger partial charge in [0.05, 0.1) is 17.8 Å². The highest BCUT2D eigenvalue weighted by molar-refractivity contribution is 7.14. The van der Waals surface area contributed by atoms with Crippen LogP contribution in [0.2, 0.25) is 0 Å². The van der Waals surface area contributed by atoms with Crippen LogP contribution in [0.1, 0.15) is 41.5 Å². The average molecular weight is 456 g/mol. The first kappa shape index (κ1) is 21.6. The van der Waals surface area contributed by atoms with Crippen LogP contribution in [0.5, 0.6) is 0 Å². The summed E-state index contributed by atoms with van der Waals surface area (Å²) in [6.45, 7) is 5.33. The predicted octanol–water partition coefficient (Wildman–Crippen LogP) is 4.27. The summed E-state index contributed by atoms with van der Waals surface area (Å²) < 4.78 is 0. The smallest absolute Gasteiger partial charge is 0.257 e. The standard InChI is InChI=1S/C22H25N5O2S2/c1-15-6-5-9-27(11-15)12-18-14-31-21(24-18)25-19(28)10-17-13-30-22(23-17)26-20(29)16-7-3-2-4-8-16/h2-4,7-8,13-15H,5-6,9-12H2,1H3,(H,23,26,29)(H,24,25,28). The molecular formula is C22H25N5O2S2. The molecule has 162 valence electrons. The van der Waals surface area contributed by atoms with Crippen molar-refractivity contribution in [3.8, 4) is 0 Å². The molecule has 9 heteroatoms. The molecule has 1 unspecified atom stereocenters. The second-order valence-corrected chi connectivity index (χ2v) is 9.53. The van der Waals surface area contributed by atoms with Crippen LogP contribution in [0.4, 0.5) is 10.3 Å². The molecule has 1 aromatic carbocycles. The molecule has 31 heavy (non-hydrogen) atoms. The molecule has 2 amide bonds. The molecule has 0 saturated carbocycles. The highest BCUT2D eigenvalue weighted by atomic mass is 32.1. The third-order valence-corrected chi connectivity index (χ3v) is 6.69. The number of piperidine rings is 1. The number of thiazole rings is 2. The van der Waals surface area contributed by atoms with Crippen molar-refractivity contribution in [2.75, 3.05) is 23.7 Å². The van der Waals surface area contributed by atoms with Gasteiger partial charge in [-0.05, 0) is 37.4 Å². The van der Waals surface area contributed by atoms with E-state index in [1.807, 2.05) is 23.6 Å². The summed E-state index contributed by atoms with van der Waals surface area (Å²) in [5.41, 5.74) is 2.18. The van der Waals surface area contributed by atoms with E-state index in [1.54, 1.807) is 17.5 Å². The second kappa shape index (κ2) is 10.1. The Morgan fingerprint density at radius 3 is 2.55 bits per heavy atom. The zero-order chi connectivity index (χ0) is 21.6. The number of amides is 2. The number of likely N-dealkylation sites (tertiary alicyclic amines) is 1. The van der Waals surface area contributed by atoms with Crippen molar-refractivity contribution in [1.82, 2.24) is 14.9 Å². The molecule has 1 saturated heterocycles. The van der Waals surface area contributed by atoms with Crippen LogP contribution in [0.3, 0.4) is 0 Å². The number of carbonyl (C=O) groups excluding carboxylic acids is 2. The van der Waals surface area contributed by atoms with E-state index in [0.717, 1.165) is 31.2 Å². The van der Waals surface area contributed by atoms with Gasteiger partial charge in [0.15, 0.2) is 10.3 Å². The number of hydrogen-bond donors (Lipinski definition) is 2. The van der Waals surface area contributed by atoms with Crippen LogP contribution >= 0.6 is 22.7 Å². The maximum absolute atomic E-state index is 12.4. The molecule has 1 atom stereocenters. The molecule has 0 bridgehead atoms. The van der Waals surface area contributed by atoms with Crippen molar-refractivity contribution in [2.45, 2.75) is 32.7 Å². The Morgan fingerprint density at radius 2 is 1.77 bits per heavy atom. The Hall–Kier alpha value is -2.62. The lowest BCUT2D eigenvalue weighted by molar-refractivity contribution is -0.115. The molecule has 1 aliphatic heterocycles. The molecule has 0 radical (unpaired) electrons. The lowest BCUT2D eigenvalue weighted by Gasteiger charge is -2.30. The predicted molar refractivity (Wildman–Crippen MR) is 125 cm³/mol. The summed E-state index contributed by atoms with van der Waals surface area (Å²) in [7, 11) is 0. The summed E-state index contributed by atoms with van der Waals surface area (Å²) in [5.74, 6) is 0.343. The Balaban J connectivity index is 1.27. The van der Waals surface area contributed by atoms with Gasteiger partial charge in [-0.1, -0.05) is 25.1 Å². The Kier molecular flexibility index (Phi) is 7.06. The Bertz CT molecular complexity index is 1030. The topological polar surface area (TPSA) is 87.2 Å². The van der Waals surface area contributed by atoms with Crippen LogP contribution in [0.25, 0.3) is 0 Å². The monoisotopic (exact) mass is 455 g/mol. The van der Waals surface area contributed by atoms with E-state index in [-0.39, 0.29) is 18.2 Å². The van der Waals surface area contributed by atoms with E-state index < -0.39 is 0 Å². The molecular weight excluding hydrogens is 430 g/mol. The van der Waals surface area contributed by atoms with Gasteiger partial charge in [-0.3, -0.25) is 19.8 Å². The molecule has 2 aromatic heterocycles. The SMILES string of the molecule is CC1CCCN(Cc2csc(NC(=O)Cc3csc(NC(=O)c4ccccc4)n3)n2)C1. The van der Waals surface area contributed by atoms with Gasteiger partial charge in [-0.15, -0.1) is 22.7 Å². The van der Waals surface area contributed by atoms with Crippen LogP contribution < -0.4 is 10.6 Å². The third-order valence-electron chi connectivity index (χ3n) is 5.07. The number of rotatable bonds is 7. The van der Waals surface area contributed by atoms with Crippen LogP contribution in [0, 0.1) is 5.92 Å². The average Bonchev–Trinajstić information content (AvgIpc) is 3.37. The molecule has 0 spiro atoms. The quantitative estimate of drug-likeness (QED) is 0.556. The maximum atomic E-state index is 12.4. The van der Waals surface area contributed by atoms with Gasteiger partial charge in [-0.25, -0.2) is 9.97 Å². The summed E-state index contributed by atoms with van der Waals surface area (Å²) >= 11 is 2.75. The van der Waals surface area contributed by atoms with Crippen molar-refractivity contribution < 1.29 is 9.59 Å². The molecule has 4 rings (SSSR count). The minimum absolute atomic E-state index is 0.135. The lowest BCUT2D eigenvalue weighted by Crippen LogP contribution is -2.33. The summed E-state index contributed by atoms with van der Waals surface area (Å²) in [6.07, 6.45) is 2.66. The minimum atomic E-state index is -0.218. The third kappa shape index (κ3) is 6.19. The zero-order valence-electron chi connectivity index (χ0n) is 17.3. The van der Waals surface area contributed by atoms with Crippen molar-refractivity contribution in [3.05, 3.63) is 58.0 Å². The van der Waals surface area contributed by atoms with E-state index in [1.165, 1.54) is 35.5 Å². The fourth-order valence-corrected chi connectivity index (χ4v) is 5.05. The molecule has 0 aliphatic carbocycles. The number of anilines is 2. The maximum Gasteiger partial charge on any atom is 0.257 e. The number of benzene rings is 1. The lowest BCUT2D eigenvalue weighted by atomic mass is 10.0. The Morgan fingerprint density at radius 1 is 1.06 bits per heavy atom. The minimum Gasteiger partial charge on any atom is -0.302 e. The van der Waals surface area contributed by atoms with Gasteiger partial charge in [0.1, 0.15) is 0 Å². The Labute approximate surface area is 189 Å². The number of nitrogens with zero attached hydrogens (tertiary/aromatic N) is 3. The molecule has 1 fully saturated rings. The van der Waals surface area contributed by atoms with Crippen molar-refractivity contribution >= 4 is 44.8 Å². The normalized spacial score (nSPS) is 16.7. The molecule has 7 nitrogen and oxygen atoms in total. The summed E-state index contributed by atoms with van der Waals surface area (Å²) in [6, 6.07) is 8.96. The van der Waals surface area contributed by atoms with Gasteiger partial charge in [0.2, 0.25) is 5.91 Å². The number of nitrogens with one attached hydrogen (secondary N) is 2. The fraction of sp³-hybridized carbons (Fsp3) is 0.364. The molecule has 2 N–H and O–H groups in total. The van der Waals surface area contributed by atoms with Crippen LogP contribution in [-0.2, 0) is 17.8 Å². The fourth-order valence-electron chi connectivity index (χ4n) is 3.63. The molecule has 3 heterocycles. The van der Waals surface area contributed by atoms with Gasteiger partial charge >= 0.3 is 0 Å². The van der Waals surface area contributed by atoms with Crippen molar-refractivity contribution in [1.29, 1.82) is 0 Å². The number of aromatic nitrogens is 2. The first-order valence-corrected chi connectivity index (χ1v) is 12.1. The van der Waals surface area contributed by atoms with Crippen LogP contribution in [0.15, 0.2) is 41.1 Å². The van der Waals surface area contributed by atoms with Gasteiger partial charge in [-0.2, -0.15) is 0 Å². The van der Waals surface area contributed by atoms with Crippen molar-refractivity contribution in [3.63, 3.8) is 0 Å². The van der Waals surface area contributed by atoms with E-state index >= 15 is 0 Å². The van der Waals surface area contributed by atoms with Gasteiger partial charge in [0.25, 0.3) is 5.91 Å². The largest absolute Gasteiger partial charge is 0.302 e. The van der Waals surface area contributed by atoms with Gasteiger partial charge in [0, 0.05) is 29.4 Å². The highest BCUT2D eigenvalue weighted by Crippen LogP contribution is 2.22. The first-order valence-electron chi connectivity index (χ1n) is 10.3. The van der Waals surface area contributed by atoms with E-state index in [9.17, 15) is 9.59 Å². The highest BCUT2D eigenvalue weighted by Gasteiger charge is 2.18. The zero-order valence-corrected chi connectivity index (χ0v) is 19.0.